The maximum absolute atomic E-state index is 12.6. The van der Waals surface area contributed by atoms with Crippen molar-refractivity contribution in [2.24, 2.45) is 0 Å². The smallest absolute Gasteiger partial charge is 0.273 e. The van der Waals surface area contributed by atoms with Gasteiger partial charge < -0.3 is 10.1 Å². The molecule has 0 bridgehead atoms. The van der Waals surface area contributed by atoms with Gasteiger partial charge >= 0.3 is 0 Å². The number of hydrogen-bond donors (Lipinski definition) is 1. The van der Waals surface area contributed by atoms with Crippen LogP contribution in [-0.2, 0) is 14.8 Å². The average molecular weight is 495 g/mol. The van der Waals surface area contributed by atoms with Gasteiger partial charge in [0.05, 0.1) is 5.69 Å². The van der Waals surface area contributed by atoms with Crippen LogP contribution in [0.5, 0.6) is 5.75 Å². The van der Waals surface area contributed by atoms with Gasteiger partial charge in [-0.15, -0.1) is 11.3 Å². The summed E-state index contributed by atoms with van der Waals surface area (Å²) in [5.41, 5.74) is 1.17. The minimum atomic E-state index is -3.59. The van der Waals surface area contributed by atoms with Crippen molar-refractivity contribution in [2.45, 2.75) is 17.2 Å². The van der Waals surface area contributed by atoms with Gasteiger partial charge in [0.25, 0.3) is 15.9 Å². The Hall–Kier alpha value is -2.36. The lowest BCUT2D eigenvalue weighted by molar-refractivity contribution is -0.122. The van der Waals surface area contributed by atoms with Crippen molar-refractivity contribution >= 4 is 54.6 Å². The first-order valence-electron chi connectivity index (χ1n) is 8.63. The van der Waals surface area contributed by atoms with Gasteiger partial charge in [-0.05, 0) is 66.9 Å². The van der Waals surface area contributed by atoms with Gasteiger partial charge in [-0.3, -0.25) is 9.10 Å². The predicted molar refractivity (Wildman–Crippen MR) is 119 cm³/mol. The summed E-state index contributed by atoms with van der Waals surface area (Å²) in [5.74, 6) is 0.183. The Bertz CT molecular complexity index is 1070. The number of ether oxygens (including phenoxy) is 1. The van der Waals surface area contributed by atoms with E-state index in [-0.39, 0.29) is 10.1 Å². The molecule has 0 aliphatic heterocycles. The molecule has 0 spiro atoms. The quantitative estimate of drug-likeness (QED) is 0.514. The Labute approximate surface area is 182 Å². The van der Waals surface area contributed by atoms with Crippen LogP contribution in [-0.4, -0.2) is 27.5 Å². The van der Waals surface area contributed by atoms with Crippen LogP contribution in [0.4, 0.5) is 11.4 Å². The highest BCUT2D eigenvalue weighted by Crippen LogP contribution is 2.27. The molecule has 0 saturated heterocycles. The number of rotatable bonds is 7. The fourth-order valence-electron chi connectivity index (χ4n) is 2.45. The fraction of sp³-hybridized carbons (Fsp3) is 0.150. The van der Waals surface area contributed by atoms with E-state index in [1.54, 1.807) is 60.8 Å². The standard InChI is InChI=1S/C20H19BrN2O4S2/c1-14(20(24)22-16-7-5-15(21)6-8-16)27-18-11-9-17(10-12-18)23(2)29(25,26)19-4-3-13-28-19/h3-14H,1-2H3,(H,22,24). The molecule has 1 amide bonds. The third kappa shape index (κ3) is 5.17. The molecule has 3 aromatic rings. The van der Waals surface area contributed by atoms with Crippen molar-refractivity contribution in [2.75, 3.05) is 16.7 Å². The summed E-state index contributed by atoms with van der Waals surface area (Å²) in [7, 11) is -2.09. The van der Waals surface area contributed by atoms with Crippen LogP contribution in [0.3, 0.4) is 0 Å². The topological polar surface area (TPSA) is 75.7 Å². The third-order valence-electron chi connectivity index (χ3n) is 4.10. The second kappa shape index (κ2) is 8.98. The molecule has 0 fully saturated rings. The summed E-state index contributed by atoms with van der Waals surface area (Å²) in [4.78, 5) is 12.3. The van der Waals surface area contributed by atoms with Gasteiger partial charge in [0.15, 0.2) is 6.10 Å². The molecule has 1 aromatic heterocycles. The second-order valence-corrected chi connectivity index (χ2v) is 10.2. The highest BCUT2D eigenvalue weighted by atomic mass is 79.9. The first-order chi connectivity index (χ1) is 13.8. The molecule has 0 saturated carbocycles. The lowest BCUT2D eigenvalue weighted by atomic mass is 10.3. The molecule has 1 N–H and O–H groups in total. The maximum Gasteiger partial charge on any atom is 0.273 e. The van der Waals surface area contributed by atoms with E-state index in [9.17, 15) is 13.2 Å². The molecule has 1 atom stereocenters. The lowest BCUT2D eigenvalue weighted by Gasteiger charge is -2.19. The Morgan fingerprint density at radius 1 is 1.10 bits per heavy atom. The van der Waals surface area contributed by atoms with Crippen molar-refractivity contribution in [3.05, 3.63) is 70.5 Å². The maximum atomic E-state index is 12.6. The van der Waals surface area contributed by atoms with Crippen LogP contribution >= 0.6 is 27.3 Å². The predicted octanol–water partition coefficient (Wildman–Crippen LogP) is 4.74. The molecule has 0 radical (unpaired) electrons. The molecule has 1 unspecified atom stereocenters. The van der Waals surface area contributed by atoms with Crippen LogP contribution in [0.1, 0.15) is 6.92 Å². The number of thiophene rings is 1. The lowest BCUT2D eigenvalue weighted by Crippen LogP contribution is -2.30. The van der Waals surface area contributed by atoms with Gasteiger partial charge in [-0.2, -0.15) is 0 Å². The summed E-state index contributed by atoms with van der Waals surface area (Å²) in [5, 5.41) is 4.50. The zero-order valence-corrected chi connectivity index (χ0v) is 18.9. The summed E-state index contributed by atoms with van der Waals surface area (Å²) >= 11 is 4.51. The number of sulfonamides is 1. The van der Waals surface area contributed by atoms with Crippen LogP contribution in [0.2, 0.25) is 0 Å². The average Bonchev–Trinajstić information content (AvgIpc) is 3.25. The molecular formula is C20H19BrN2O4S2. The van der Waals surface area contributed by atoms with Gasteiger partial charge in [0, 0.05) is 17.2 Å². The number of benzene rings is 2. The van der Waals surface area contributed by atoms with Crippen molar-refractivity contribution in [3.63, 3.8) is 0 Å². The van der Waals surface area contributed by atoms with Crippen LogP contribution in [0, 0.1) is 0 Å². The highest BCUT2D eigenvalue weighted by molar-refractivity contribution is 9.10. The van der Waals surface area contributed by atoms with Crippen LogP contribution in [0.15, 0.2) is 74.7 Å². The number of nitrogens with one attached hydrogen (secondary N) is 1. The number of carbonyl (C=O) groups excluding carboxylic acids is 1. The van der Waals surface area contributed by atoms with E-state index >= 15 is 0 Å². The molecule has 0 aliphatic rings. The summed E-state index contributed by atoms with van der Waals surface area (Å²) < 4.78 is 33.3. The summed E-state index contributed by atoms with van der Waals surface area (Å²) in [6.07, 6.45) is -0.725. The van der Waals surface area contributed by atoms with Gasteiger partial charge in [0.1, 0.15) is 9.96 Å². The molecule has 152 valence electrons. The van der Waals surface area contributed by atoms with E-state index in [0.717, 1.165) is 4.47 Å². The van der Waals surface area contributed by atoms with Crippen molar-refractivity contribution in [3.8, 4) is 5.75 Å². The molecule has 6 nitrogen and oxygen atoms in total. The second-order valence-electron chi connectivity index (χ2n) is 6.15. The zero-order valence-electron chi connectivity index (χ0n) is 15.7. The minimum Gasteiger partial charge on any atom is -0.481 e. The Morgan fingerprint density at radius 3 is 2.34 bits per heavy atom. The van der Waals surface area contributed by atoms with E-state index in [4.69, 9.17) is 4.74 Å². The van der Waals surface area contributed by atoms with Gasteiger partial charge in [-0.1, -0.05) is 22.0 Å². The molecule has 9 heteroatoms. The van der Waals surface area contributed by atoms with Crippen molar-refractivity contribution in [1.29, 1.82) is 0 Å². The first-order valence-corrected chi connectivity index (χ1v) is 11.7. The van der Waals surface area contributed by atoms with E-state index < -0.39 is 16.1 Å². The number of anilines is 2. The zero-order chi connectivity index (χ0) is 21.0. The van der Waals surface area contributed by atoms with Gasteiger partial charge in [-0.25, -0.2) is 8.42 Å². The van der Waals surface area contributed by atoms with E-state index in [1.165, 1.54) is 22.7 Å². The normalized spacial score (nSPS) is 12.2. The van der Waals surface area contributed by atoms with E-state index in [2.05, 4.69) is 21.2 Å². The summed E-state index contributed by atoms with van der Waals surface area (Å²) in [6, 6.07) is 17.1. The molecule has 0 aliphatic carbocycles. The van der Waals surface area contributed by atoms with Crippen LogP contribution < -0.4 is 14.4 Å². The Balaban J connectivity index is 1.64. The highest BCUT2D eigenvalue weighted by Gasteiger charge is 2.22. The van der Waals surface area contributed by atoms with Gasteiger partial charge in [0.2, 0.25) is 0 Å². The molecule has 2 aromatic carbocycles. The molecule has 29 heavy (non-hydrogen) atoms. The largest absolute Gasteiger partial charge is 0.481 e. The van der Waals surface area contributed by atoms with E-state index in [1.807, 2.05) is 12.1 Å². The molecule has 3 rings (SSSR count). The number of halogens is 1. The Kier molecular flexibility index (Phi) is 6.61. The first kappa shape index (κ1) is 21.4. The Morgan fingerprint density at radius 2 is 1.76 bits per heavy atom. The minimum absolute atomic E-state index is 0.276. The number of nitrogens with zero attached hydrogens (tertiary/aromatic N) is 1. The third-order valence-corrected chi connectivity index (χ3v) is 7.79. The van der Waals surface area contributed by atoms with E-state index in [0.29, 0.717) is 17.1 Å². The van der Waals surface area contributed by atoms with Crippen molar-refractivity contribution < 1.29 is 17.9 Å². The fourth-order valence-corrected chi connectivity index (χ4v) is 5.07. The summed E-state index contributed by atoms with van der Waals surface area (Å²) in [6.45, 7) is 1.65. The number of amides is 1. The van der Waals surface area contributed by atoms with Crippen molar-refractivity contribution in [1.82, 2.24) is 0 Å². The monoisotopic (exact) mass is 494 g/mol. The molecular weight excluding hydrogens is 476 g/mol. The van der Waals surface area contributed by atoms with Crippen LogP contribution in [0.25, 0.3) is 0 Å². The number of carbonyl (C=O) groups is 1. The number of hydrogen-bond acceptors (Lipinski definition) is 5. The molecule has 1 heterocycles. The SMILES string of the molecule is CC(Oc1ccc(N(C)S(=O)(=O)c2cccs2)cc1)C(=O)Nc1ccc(Br)cc1.